The monoisotopic (exact) mass is 371 g/mol. The van der Waals surface area contributed by atoms with Gasteiger partial charge < -0.3 is 9.84 Å². The number of aromatic nitrogens is 1. The maximum atomic E-state index is 12.4. The Bertz CT molecular complexity index is 720. The molecule has 0 unspecified atom stereocenters. The fourth-order valence-electron chi connectivity index (χ4n) is 3.78. The van der Waals surface area contributed by atoms with Crippen LogP contribution in [0.4, 0.5) is 0 Å². The summed E-state index contributed by atoms with van der Waals surface area (Å²) in [5, 5.41) is 6.96. The summed E-state index contributed by atoms with van der Waals surface area (Å²) < 4.78 is 5.32. The number of hydrogen-bond donors (Lipinski definition) is 1. The number of benzene rings is 1. The van der Waals surface area contributed by atoms with Gasteiger partial charge in [-0.25, -0.2) is 0 Å². The van der Waals surface area contributed by atoms with Gasteiger partial charge in [0.2, 0.25) is 0 Å². The van der Waals surface area contributed by atoms with E-state index < -0.39 is 0 Å². The third kappa shape index (κ3) is 4.13. The molecule has 0 radical (unpaired) electrons. The first kappa shape index (κ1) is 17.6. The highest BCUT2D eigenvalue weighted by molar-refractivity contribution is 7.99. The lowest BCUT2D eigenvalue weighted by Crippen LogP contribution is -2.43. The molecule has 1 amide bonds. The highest BCUT2D eigenvalue weighted by atomic mass is 32.2. The third-order valence-corrected chi connectivity index (χ3v) is 6.57. The van der Waals surface area contributed by atoms with E-state index in [-0.39, 0.29) is 5.91 Å². The van der Waals surface area contributed by atoms with Gasteiger partial charge in [-0.3, -0.25) is 9.69 Å². The van der Waals surface area contributed by atoms with Crippen molar-refractivity contribution in [3.05, 3.63) is 42.1 Å². The molecule has 3 heterocycles. The Hall–Kier alpha value is -1.79. The summed E-state index contributed by atoms with van der Waals surface area (Å²) in [5.41, 5.74) is 1.28. The SMILES string of the molecule is O=C(NCC1CCN([C@@H]2CCSC2)CC1)c1cc(-c2ccccc2)on1. The van der Waals surface area contributed by atoms with Crippen molar-refractivity contribution in [1.29, 1.82) is 0 Å². The zero-order valence-electron chi connectivity index (χ0n) is 14.9. The van der Waals surface area contributed by atoms with Gasteiger partial charge in [-0.05, 0) is 44.0 Å². The molecular formula is C20H25N3O2S. The summed E-state index contributed by atoms with van der Waals surface area (Å²) in [6.45, 7) is 3.04. The topological polar surface area (TPSA) is 58.4 Å². The largest absolute Gasteiger partial charge is 0.355 e. The van der Waals surface area contributed by atoms with Crippen molar-refractivity contribution >= 4 is 17.7 Å². The van der Waals surface area contributed by atoms with Gasteiger partial charge in [-0.15, -0.1) is 0 Å². The van der Waals surface area contributed by atoms with Gasteiger partial charge in [0, 0.05) is 30.0 Å². The van der Waals surface area contributed by atoms with Gasteiger partial charge in [-0.2, -0.15) is 11.8 Å². The Morgan fingerprint density at radius 3 is 2.77 bits per heavy atom. The molecule has 0 aliphatic carbocycles. The molecule has 1 atom stereocenters. The number of amides is 1. The summed E-state index contributed by atoms with van der Waals surface area (Å²) in [6, 6.07) is 12.2. The number of likely N-dealkylation sites (tertiary alicyclic amines) is 1. The number of carbonyl (C=O) groups excluding carboxylic acids is 1. The number of nitrogens with zero attached hydrogens (tertiary/aromatic N) is 2. The maximum Gasteiger partial charge on any atom is 0.273 e. The minimum atomic E-state index is -0.148. The number of carbonyl (C=O) groups is 1. The molecule has 0 spiro atoms. The van der Waals surface area contributed by atoms with Crippen LogP contribution in [0.3, 0.4) is 0 Å². The smallest absolute Gasteiger partial charge is 0.273 e. The summed E-state index contributed by atoms with van der Waals surface area (Å²) in [6.07, 6.45) is 3.66. The van der Waals surface area contributed by atoms with Crippen LogP contribution in [0, 0.1) is 5.92 Å². The Kier molecular flexibility index (Phi) is 5.60. The van der Waals surface area contributed by atoms with Crippen LogP contribution < -0.4 is 5.32 Å². The van der Waals surface area contributed by atoms with E-state index in [9.17, 15) is 4.79 Å². The van der Waals surface area contributed by atoms with Gasteiger partial charge in [0.05, 0.1) is 0 Å². The van der Waals surface area contributed by atoms with Gasteiger partial charge in [0.25, 0.3) is 5.91 Å². The van der Waals surface area contributed by atoms with E-state index >= 15 is 0 Å². The summed E-state index contributed by atoms with van der Waals surface area (Å²) in [4.78, 5) is 15.0. The lowest BCUT2D eigenvalue weighted by molar-refractivity contribution is 0.0919. The molecule has 4 rings (SSSR count). The van der Waals surface area contributed by atoms with Gasteiger partial charge in [-0.1, -0.05) is 35.5 Å². The fourth-order valence-corrected chi connectivity index (χ4v) is 5.04. The second-order valence-corrected chi connectivity index (χ2v) is 8.30. The quantitative estimate of drug-likeness (QED) is 0.874. The van der Waals surface area contributed by atoms with E-state index in [1.165, 1.54) is 17.9 Å². The predicted molar refractivity (Wildman–Crippen MR) is 104 cm³/mol. The van der Waals surface area contributed by atoms with Gasteiger partial charge in [0.1, 0.15) is 0 Å². The second kappa shape index (κ2) is 8.27. The van der Waals surface area contributed by atoms with Gasteiger partial charge in [0.15, 0.2) is 11.5 Å². The average molecular weight is 372 g/mol. The average Bonchev–Trinajstić information content (AvgIpc) is 3.39. The number of piperidine rings is 1. The minimum absolute atomic E-state index is 0.148. The molecule has 1 aromatic heterocycles. The highest BCUT2D eigenvalue weighted by Gasteiger charge is 2.27. The fraction of sp³-hybridized carbons (Fsp3) is 0.500. The van der Waals surface area contributed by atoms with Crippen molar-refractivity contribution in [2.24, 2.45) is 5.92 Å². The van der Waals surface area contributed by atoms with E-state index in [1.54, 1.807) is 6.07 Å². The van der Waals surface area contributed by atoms with Crippen molar-refractivity contribution in [2.75, 3.05) is 31.1 Å². The van der Waals surface area contributed by atoms with Crippen LogP contribution in [0.5, 0.6) is 0 Å². The Balaban J connectivity index is 1.25. The molecule has 1 N–H and O–H groups in total. The zero-order valence-corrected chi connectivity index (χ0v) is 15.7. The van der Waals surface area contributed by atoms with Crippen molar-refractivity contribution in [3.63, 3.8) is 0 Å². The summed E-state index contributed by atoms with van der Waals surface area (Å²) >= 11 is 2.07. The van der Waals surface area contributed by atoms with E-state index in [0.29, 0.717) is 17.4 Å². The molecule has 0 saturated carbocycles. The molecule has 2 aromatic rings. The molecule has 2 aliphatic heterocycles. The number of hydrogen-bond acceptors (Lipinski definition) is 5. The molecule has 2 fully saturated rings. The number of rotatable bonds is 5. The molecule has 0 bridgehead atoms. The molecule has 1 aromatic carbocycles. The van der Waals surface area contributed by atoms with Crippen molar-refractivity contribution < 1.29 is 9.32 Å². The first-order valence-corrected chi connectivity index (χ1v) is 10.6. The molecule has 138 valence electrons. The van der Waals surface area contributed by atoms with Gasteiger partial charge >= 0.3 is 0 Å². The number of nitrogens with one attached hydrogen (secondary N) is 1. The van der Waals surface area contributed by atoms with Crippen LogP contribution in [-0.4, -0.2) is 53.1 Å². The molecule has 2 aliphatic rings. The van der Waals surface area contributed by atoms with E-state index in [0.717, 1.165) is 44.1 Å². The van der Waals surface area contributed by atoms with Crippen molar-refractivity contribution in [3.8, 4) is 11.3 Å². The van der Waals surface area contributed by atoms with Crippen molar-refractivity contribution in [2.45, 2.75) is 25.3 Å². The summed E-state index contributed by atoms with van der Waals surface area (Å²) in [7, 11) is 0. The van der Waals surface area contributed by atoms with E-state index in [2.05, 4.69) is 27.1 Å². The zero-order chi connectivity index (χ0) is 17.8. The van der Waals surface area contributed by atoms with Crippen LogP contribution in [0.25, 0.3) is 11.3 Å². The van der Waals surface area contributed by atoms with Crippen LogP contribution in [0.15, 0.2) is 40.9 Å². The van der Waals surface area contributed by atoms with E-state index in [4.69, 9.17) is 4.52 Å². The molecular weight excluding hydrogens is 346 g/mol. The number of thioether (sulfide) groups is 1. The molecule has 2 saturated heterocycles. The summed E-state index contributed by atoms with van der Waals surface area (Å²) in [5.74, 6) is 3.63. The normalized spacial score (nSPS) is 21.8. The maximum absolute atomic E-state index is 12.4. The minimum Gasteiger partial charge on any atom is -0.355 e. The Labute approximate surface area is 158 Å². The van der Waals surface area contributed by atoms with Crippen LogP contribution >= 0.6 is 11.8 Å². The predicted octanol–water partition coefficient (Wildman–Crippen LogP) is 3.29. The molecule has 26 heavy (non-hydrogen) atoms. The Morgan fingerprint density at radius 2 is 2.04 bits per heavy atom. The van der Waals surface area contributed by atoms with E-state index in [1.807, 2.05) is 30.3 Å². The standard InChI is InChI=1S/C20H25N3O2S/c24-20(18-12-19(25-22-18)16-4-2-1-3-5-16)21-13-15-6-9-23(10-7-15)17-8-11-26-14-17/h1-5,12,15,17H,6-11,13-14H2,(H,21,24)/t17-/m1/s1. The first-order chi connectivity index (χ1) is 12.8. The molecule has 6 heteroatoms. The first-order valence-electron chi connectivity index (χ1n) is 9.42. The van der Waals surface area contributed by atoms with Crippen LogP contribution in [0.1, 0.15) is 29.8 Å². The Morgan fingerprint density at radius 1 is 1.23 bits per heavy atom. The second-order valence-electron chi connectivity index (χ2n) is 7.15. The third-order valence-electron chi connectivity index (χ3n) is 5.42. The molecule has 5 nitrogen and oxygen atoms in total. The lowest BCUT2D eigenvalue weighted by Gasteiger charge is -2.35. The van der Waals surface area contributed by atoms with Crippen molar-refractivity contribution in [1.82, 2.24) is 15.4 Å². The van der Waals surface area contributed by atoms with Crippen LogP contribution in [-0.2, 0) is 0 Å². The highest BCUT2D eigenvalue weighted by Crippen LogP contribution is 2.26. The lowest BCUT2D eigenvalue weighted by atomic mass is 9.95. The van der Waals surface area contributed by atoms with Crippen LogP contribution in [0.2, 0.25) is 0 Å².